The molecule has 2 unspecified atom stereocenters. The van der Waals surface area contributed by atoms with E-state index in [1.807, 2.05) is 0 Å². The number of piperidine rings is 1. The van der Waals surface area contributed by atoms with Gasteiger partial charge in [-0.3, -0.25) is 15.0 Å². The summed E-state index contributed by atoms with van der Waals surface area (Å²) in [7, 11) is 0. The molecule has 1 aromatic rings. The molecule has 0 saturated carbocycles. The average molecular weight is 336 g/mol. The van der Waals surface area contributed by atoms with Crippen molar-refractivity contribution in [1.82, 2.24) is 10.2 Å². The van der Waals surface area contributed by atoms with E-state index >= 15 is 0 Å². The Balaban J connectivity index is 1.79. The normalized spacial score (nSPS) is 19.8. The predicted molar refractivity (Wildman–Crippen MR) is 96.8 cm³/mol. The number of benzene rings is 1. The van der Waals surface area contributed by atoms with Gasteiger partial charge in [0.15, 0.2) is 5.11 Å². The molecule has 126 valence electrons. The van der Waals surface area contributed by atoms with Gasteiger partial charge in [0, 0.05) is 36.4 Å². The molecule has 2 atom stereocenters. The van der Waals surface area contributed by atoms with Crippen LogP contribution in [0.1, 0.15) is 33.1 Å². The number of hydrogen-bond donors (Lipinski definition) is 2. The molecule has 0 amide bonds. The SMILES string of the molecule is CC1CCCCN1C(C)CNC(=S)Nc1ccc([N+](=O)[O-])cc1. The maximum atomic E-state index is 10.6. The lowest BCUT2D eigenvalue weighted by Crippen LogP contribution is -2.48. The summed E-state index contributed by atoms with van der Waals surface area (Å²) < 4.78 is 0. The Bertz CT molecular complexity index is 550. The fourth-order valence-electron chi connectivity index (χ4n) is 2.97. The van der Waals surface area contributed by atoms with Gasteiger partial charge in [-0.05, 0) is 57.6 Å². The molecule has 0 spiro atoms. The molecule has 1 aliphatic rings. The van der Waals surface area contributed by atoms with Crippen LogP contribution < -0.4 is 10.6 Å². The lowest BCUT2D eigenvalue weighted by atomic mass is 10.0. The minimum absolute atomic E-state index is 0.0714. The number of likely N-dealkylation sites (tertiary alicyclic amines) is 1. The fraction of sp³-hybridized carbons (Fsp3) is 0.562. The molecule has 1 saturated heterocycles. The summed E-state index contributed by atoms with van der Waals surface area (Å²) in [5, 5.41) is 17.5. The van der Waals surface area contributed by atoms with E-state index in [4.69, 9.17) is 12.2 Å². The molecule has 0 aromatic heterocycles. The van der Waals surface area contributed by atoms with E-state index in [1.165, 1.54) is 31.4 Å². The van der Waals surface area contributed by atoms with Crippen molar-refractivity contribution in [3.8, 4) is 0 Å². The molecule has 1 fully saturated rings. The smallest absolute Gasteiger partial charge is 0.269 e. The third-order valence-electron chi connectivity index (χ3n) is 4.31. The maximum absolute atomic E-state index is 10.6. The molecule has 1 aromatic carbocycles. The highest BCUT2D eigenvalue weighted by molar-refractivity contribution is 7.80. The molecule has 2 N–H and O–H groups in total. The molecular formula is C16H24N4O2S. The largest absolute Gasteiger partial charge is 0.361 e. The number of hydrogen-bond acceptors (Lipinski definition) is 4. The van der Waals surface area contributed by atoms with Gasteiger partial charge in [-0.1, -0.05) is 6.42 Å². The number of anilines is 1. The molecule has 0 radical (unpaired) electrons. The predicted octanol–water partition coefficient (Wildman–Crippen LogP) is 3.14. The van der Waals surface area contributed by atoms with E-state index in [-0.39, 0.29) is 5.69 Å². The van der Waals surface area contributed by atoms with Crippen molar-refractivity contribution in [2.75, 3.05) is 18.4 Å². The minimum atomic E-state index is -0.415. The topological polar surface area (TPSA) is 70.4 Å². The lowest BCUT2D eigenvalue weighted by Gasteiger charge is -2.38. The zero-order valence-corrected chi connectivity index (χ0v) is 14.4. The van der Waals surface area contributed by atoms with Crippen LogP contribution in [0.3, 0.4) is 0 Å². The first-order chi connectivity index (χ1) is 11.0. The van der Waals surface area contributed by atoms with Crippen molar-refractivity contribution in [3.05, 3.63) is 34.4 Å². The van der Waals surface area contributed by atoms with Crippen molar-refractivity contribution in [3.63, 3.8) is 0 Å². The zero-order valence-electron chi connectivity index (χ0n) is 13.6. The molecule has 0 aliphatic carbocycles. The van der Waals surface area contributed by atoms with Gasteiger partial charge in [-0.2, -0.15) is 0 Å². The quantitative estimate of drug-likeness (QED) is 0.489. The van der Waals surface area contributed by atoms with Crippen LogP contribution in [0, 0.1) is 10.1 Å². The summed E-state index contributed by atoms with van der Waals surface area (Å²) >= 11 is 5.30. The second kappa shape index (κ2) is 8.21. The van der Waals surface area contributed by atoms with E-state index in [9.17, 15) is 10.1 Å². The summed E-state index contributed by atoms with van der Waals surface area (Å²) in [4.78, 5) is 12.7. The number of rotatable bonds is 5. The van der Waals surface area contributed by atoms with Gasteiger partial charge < -0.3 is 10.6 Å². The van der Waals surface area contributed by atoms with Gasteiger partial charge in [-0.25, -0.2) is 0 Å². The van der Waals surface area contributed by atoms with Crippen LogP contribution in [-0.4, -0.2) is 40.1 Å². The monoisotopic (exact) mass is 336 g/mol. The Hall–Kier alpha value is -1.73. The van der Waals surface area contributed by atoms with Gasteiger partial charge >= 0.3 is 0 Å². The third-order valence-corrected chi connectivity index (χ3v) is 4.56. The highest BCUT2D eigenvalue weighted by Gasteiger charge is 2.22. The average Bonchev–Trinajstić information content (AvgIpc) is 2.53. The summed E-state index contributed by atoms with van der Waals surface area (Å²) in [6, 6.07) is 7.27. The van der Waals surface area contributed by atoms with Gasteiger partial charge in [0.2, 0.25) is 0 Å². The number of thiocarbonyl (C=S) groups is 1. The highest BCUT2D eigenvalue weighted by atomic mass is 32.1. The summed E-state index contributed by atoms with van der Waals surface area (Å²) in [5.74, 6) is 0. The summed E-state index contributed by atoms with van der Waals surface area (Å²) in [5.41, 5.74) is 0.814. The van der Waals surface area contributed by atoms with E-state index in [0.717, 1.165) is 18.8 Å². The first kappa shape index (κ1) is 17.6. The zero-order chi connectivity index (χ0) is 16.8. The maximum Gasteiger partial charge on any atom is 0.269 e. The molecule has 2 rings (SSSR count). The number of nitrogens with one attached hydrogen (secondary N) is 2. The summed E-state index contributed by atoms with van der Waals surface area (Å²) in [6.45, 7) is 6.42. The van der Waals surface area contributed by atoms with Gasteiger partial charge in [0.1, 0.15) is 0 Å². The van der Waals surface area contributed by atoms with Crippen molar-refractivity contribution in [1.29, 1.82) is 0 Å². The van der Waals surface area contributed by atoms with Crippen LogP contribution in [0.4, 0.5) is 11.4 Å². The van der Waals surface area contributed by atoms with Crippen LogP contribution in [0.5, 0.6) is 0 Å². The number of nitrogens with zero attached hydrogens (tertiary/aromatic N) is 2. The van der Waals surface area contributed by atoms with Crippen LogP contribution >= 0.6 is 12.2 Å². The van der Waals surface area contributed by atoms with Crippen LogP contribution in [0.25, 0.3) is 0 Å². The van der Waals surface area contributed by atoms with E-state index < -0.39 is 4.92 Å². The van der Waals surface area contributed by atoms with Crippen molar-refractivity contribution < 1.29 is 4.92 Å². The molecule has 1 heterocycles. The van der Waals surface area contributed by atoms with Crippen LogP contribution in [0.2, 0.25) is 0 Å². The van der Waals surface area contributed by atoms with Crippen LogP contribution in [0.15, 0.2) is 24.3 Å². The van der Waals surface area contributed by atoms with Gasteiger partial charge in [0.05, 0.1) is 4.92 Å². The Morgan fingerprint density at radius 2 is 2.13 bits per heavy atom. The lowest BCUT2D eigenvalue weighted by molar-refractivity contribution is -0.384. The Morgan fingerprint density at radius 3 is 2.74 bits per heavy atom. The van der Waals surface area contributed by atoms with Crippen LogP contribution in [-0.2, 0) is 0 Å². The number of non-ortho nitro benzene ring substituents is 1. The third kappa shape index (κ3) is 5.14. The van der Waals surface area contributed by atoms with E-state index in [1.54, 1.807) is 12.1 Å². The molecular weight excluding hydrogens is 312 g/mol. The Morgan fingerprint density at radius 1 is 1.43 bits per heavy atom. The molecule has 1 aliphatic heterocycles. The standard InChI is InChI=1S/C16H24N4O2S/c1-12-5-3-4-10-19(12)13(2)11-17-16(23)18-14-6-8-15(9-7-14)20(21)22/h6-9,12-13H,3-5,10-11H2,1-2H3,(H2,17,18,23). The molecule has 0 bridgehead atoms. The summed E-state index contributed by atoms with van der Waals surface area (Å²) in [6.07, 6.45) is 3.84. The van der Waals surface area contributed by atoms with Gasteiger partial charge in [0.25, 0.3) is 5.69 Å². The minimum Gasteiger partial charge on any atom is -0.361 e. The van der Waals surface area contributed by atoms with Crippen molar-refractivity contribution >= 4 is 28.7 Å². The van der Waals surface area contributed by atoms with Crippen molar-refractivity contribution in [2.24, 2.45) is 0 Å². The second-order valence-corrected chi connectivity index (χ2v) is 6.48. The van der Waals surface area contributed by atoms with Crippen molar-refractivity contribution in [2.45, 2.75) is 45.2 Å². The van der Waals surface area contributed by atoms with Gasteiger partial charge in [-0.15, -0.1) is 0 Å². The van der Waals surface area contributed by atoms with E-state index in [0.29, 0.717) is 17.2 Å². The molecule has 6 nitrogen and oxygen atoms in total. The number of nitro groups is 1. The molecule has 7 heteroatoms. The Labute approximate surface area is 142 Å². The number of nitro benzene ring substituents is 1. The first-order valence-electron chi connectivity index (χ1n) is 8.02. The molecule has 23 heavy (non-hydrogen) atoms. The Kier molecular flexibility index (Phi) is 6.29. The first-order valence-corrected chi connectivity index (χ1v) is 8.43. The second-order valence-electron chi connectivity index (χ2n) is 6.07. The highest BCUT2D eigenvalue weighted by Crippen LogP contribution is 2.19. The van der Waals surface area contributed by atoms with E-state index in [2.05, 4.69) is 29.4 Å². The fourth-order valence-corrected chi connectivity index (χ4v) is 3.18.